The first-order chi connectivity index (χ1) is 7.56. The van der Waals surface area contributed by atoms with Crippen LogP contribution >= 0.6 is 0 Å². The van der Waals surface area contributed by atoms with Gasteiger partial charge in [-0.05, 0) is 29.7 Å². The molecule has 0 aromatic heterocycles. The van der Waals surface area contributed by atoms with Gasteiger partial charge in [-0.15, -0.1) is 0 Å². The van der Waals surface area contributed by atoms with Crippen molar-refractivity contribution in [2.75, 3.05) is 5.73 Å². The summed E-state index contributed by atoms with van der Waals surface area (Å²) in [7, 11) is 0. The lowest BCUT2D eigenvalue weighted by molar-refractivity contribution is -0.147. The zero-order valence-corrected chi connectivity index (χ0v) is 8.59. The van der Waals surface area contributed by atoms with E-state index >= 15 is 0 Å². The number of aldehydes is 1. The fourth-order valence-corrected chi connectivity index (χ4v) is 1.46. The molecule has 1 rings (SSSR count). The van der Waals surface area contributed by atoms with Crippen molar-refractivity contribution < 1.29 is 19.8 Å². The highest BCUT2D eigenvalue weighted by atomic mass is 16.4. The molecule has 0 aliphatic heterocycles. The minimum atomic E-state index is -1.58. The molecular weight excluding hydrogens is 210 g/mol. The molecule has 0 amide bonds. The van der Waals surface area contributed by atoms with Gasteiger partial charge in [-0.1, -0.05) is 6.07 Å². The lowest BCUT2D eigenvalue weighted by Crippen LogP contribution is -2.13. The lowest BCUT2D eigenvalue weighted by Gasteiger charge is -2.12. The number of hydrogen-bond acceptors (Lipinski definition) is 4. The van der Waals surface area contributed by atoms with Gasteiger partial charge in [-0.2, -0.15) is 0 Å². The average Bonchev–Trinajstić information content (AvgIpc) is 2.25. The van der Waals surface area contributed by atoms with Crippen molar-refractivity contribution in [1.82, 2.24) is 0 Å². The number of aliphatic carboxylic acids is 1. The fourth-order valence-electron chi connectivity index (χ4n) is 1.46. The third-order valence-electron chi connectivity index (χ3n) is 2.23. The van der Waals surface area contributed by atoms with E-state index in [4.69, 9.17) is 10.8 Å². The van der Waals surface area contributed by atoms with Gasteiger partial charge in [0.15, 0.2) is 6.10 Å². The summed E-state index contributed by atoms with van der Waals surface area (Å²) in [4.78, 5) is 20.9. The molecule has 1 aromatic rings. The number of rotatable bonds is 5. The summed E-state index contributed by atoms with van der Waals surface area (Å²) in [5, 5.41) is 18.1. The normalized spacial score (nSPS) is 12.1. The van der Waals surface area contributed by atoms with E-state index in [0.717, 1.165) is 6.29 Å². The van der Waals surface area contributed by atoms with E-state index in [1.54, 1.807) is 6.07 Å². The second-order valence-electron chi connectivity index (χ2n) is 3.40. The third-order valence-corrected chi connectivity index (χ3v) is 2.23. The van der Waals surface area contributed by atoms with Crippen LogP contribution in [0.1, 0.15) is 23.7 Å². The molecule has 0 fully saturated rings. The van der Waals surface area contributed by atoms with Crippen molar-refractivity contribution in [2.24, 2.45) is 0 Å². The van der Waals surface area contributed by atoms with Crippen LogP contribution in [0.3, 0.4) is 0 Å². The van der Waals surface area contributed by atoms with Gasteiger partial charge < -0.3 is 20.7 Å². The van der Waals surface area contributed by atoms with Crippen LogP contribution in [-0.4, -0.2) is 22.5 Å². The summed E-state index contributed by atoms with van der Waals surface area (Å²) in [5.74, 6) is -1.32. The van der Waals surface area contributed by atoms with E-state index in [9.17, 15) is 14.7 Å². The van der Waals surface area contributed by atoms with Crippen molar-refractivity contribution >= 4 is 17.9 Å². The molecule has 1 aromatic carbocycles. The van der Waals surface area contributed by atoms with E-state index in [1.807, 2.05) is 0 Å². The van der Waals surface area contributed by atoms with Gasteiger partial charge in [0.2, 0.25) is 0 Å². The molecule has 5 heteroatoms. The van der Waals surface area contributed by atoms with Gasteiger partial charge in [-0.25, -0.2) is 4.79 Å². The maximum atomic E-state index is 10.7. The number of carbonyl (C=O) groups excluding carboxylic acids is 1. The maximum Gasteiger partial charge on any atom is 0.337 e. The van der Waals surface area contributed by atoms with Crippen LogP contribution in [0.5, 0.6) is 0 Å². The third kappa shape index (κ3) is 2.80. The van der Waals surface area contributed by atoms with Crippen molar-refractivity contribution in [3.05, 3.63) is 29.3 Å². The molecule has 0 radical (unpaired) electrons. The quantitative estimate of drug-likeness (QED) is 0.499. The van der Waals surface area contributed by atoms with Crippen molar-refractivity contribution in [3.63, 3.8) is 0 Å². The number of carboxylic acid groups (broad SMARTS) is 1. The Kier molecular flexibility index (Phi) is 4.02. The molecule has 0 saturated heterocycles. The summed E-state index contributed by atoms with van der Waals surface area (Å²) < 4.78 is 0. The monoisotopic (exact) mass is 223 g/mol. The van der Waals surface area contributed by atoms with E-state index in [-0.39, 0.29) is 12.0 Å². The average molecular weight is 223 g/mol. The molecule has 0 spiro atoms. The van der Waals surface area contributed by atoms with E-state index < -0.39 is 12.1 Å². The number of aryl methyl sites for hydroxylation is 1. The van der Waals surface area contributed by atoms with Gasteiger partial charge in [0.1, 0.15) is 6.29 Å². The van der Waals surface area contributed by atoms with Crippen molar-refractivity contribution in [1.29, 1.82) is 0 Å². The number of nitrogen functional groups attached to an aromatic ring is 1. The first kappa shape index (κ1) is 12.2. The number of hydrogen-bond donors (Lipinski definition) is 3. The first-order valence-corrected chi connectivity index (χ1v) is 4.79. The zero-order valence-electron chi connectivity index (χ0n) is 8.59. The lowest BCUT2D eigenvalue weighted by atomic mass is 9.98. The van der Waals surface area contributed by atoms with Crippen LogP contribution in [0.15, 0.2) is 18.2 Å². The second-order valence-corrected chi connectivity index (χ2v) is 3.40. The number of nitrogens with two attached hydrogens (primary N) is 1. The number of aliphatic hydroxyl groups excluding tert-OH is 1. The number of benzene rings is 1. The SMILES string of the molecule is Nc1ccc(C(O)C(=O)O)c(CCC=O)c1. The maximum absolute atomic E-state index is 10.7. The zero-order chi connectivity index (χ0) is 12.1. The standard InChI is InChI=1S/C11H13NO4/c12-8-3-4-9(10(14)11(15)16)7(6-8)2-1-5-13/h3-6,10,14H,1-2,12H2,(H,15,16). The Morgan fingerprint density at radius 1 is 1.50 bits per heavy atom. The molecule has 16 heavy (non-hydrogen) atoms. The van der Waals surface area contributed by atoms with Crippen LogP contribution in [0, 0.1) is 0 Å². The van der Waals surface area contributed by atoms with Crippen LogP contribution < -0.4 is 5.73 Å². The summed E-state index contributed by atoms with van der Waals surface area (Å²) >= 11 is 0. The highest BCUT2D eigenvalue weighted by Crippen LogP contribution is 2.22. The van der Waals surface area contributed by atoms with Gasteiger partial charge in [-0.3, -0.25) is 0 Å². The van der Waals surface area contributed by atoms with Gasteiger partial charge in [0.05, 0.1) is 0 Å². The second kappa shape index (κ2) is 5.27. The van der Waals surface area contributed by atoms with Crippen molar-refractivity contribution in [3.8, 4) is 0 Å². The Labute approximate surface area is 92.5 Å². The Hall–Kier alpha value is -1.88. The first-order valence-electron chi connectivity index (χ1n) is 4.79. The minimum absolute atomic E-state index is 0.267. The minimum Gasteiger partial charge on any atom is -0.479 e. The highest BCUT2D eigenvalue weighted by molar-refractivity contribution is 5.75. The van der Waals surface area contributed by atoms with Crippen LogP contribution in [0.4, 0.5) is 5.69 Å². The number of aliphatic hydroxyl groups is 1. The van der Waals surface area contributed by atoms with Crippen LogP contribution in [0.25, 0.3) is 0 Å². The predicted molar refractivity (Wildman–Crippen MR) is 57.8 cm³/mol. The van der Waals surface area contributed by atoms with Gasteiger partial charge in [0, 0.05) is 12.1 Å². The fraction of sp³-hybridized carbons (Fsp3) is 0.273. The molecular formula is C11H13NO4. The Balaban J connectivity index is 3.06. The Morgan fingerprint density at radius 3 is 2.75 bits per heavy atom. The molecule has 0 bridgehead atoms. The summed E-state index contributed by atoms with van der Waals surface area (Å²) in [5.41, 5.74) is 6.90. The van der Waals surface area contributed by atoms with Crippen molar-refractivity contribution in [2.45, 2.75) is 18.9 Å². The molecule has 0 aliphatic rings. The van der Waals surface area contributed by atoms with E-state index in [1.165, 1.54) is 12.1 Å². The van der Waals surface area contributed by atoms with Gasteiger partial charge in [0.25, 0.3) is 0 Å². The molecule has 86 valence electrons. The van der Waals surface area contributed by atoms with Crippen LogP contribution in [-0.2, 0) is 16.0 Å². The number of anilines is 1. The molecule has 0 aliphatic carbocycles. The van der Waals surface area contributed by atoms with Gasteiger partial charge >= 0.3 is 5.97 Å². The topological polar surface area (TPSA) is 101 Å². The molecule has 1 unspecified atom stereocenters. The number of carboxylic acids is 1. The Bertz CT molecular complexity index is 403. The van der Waals surface area contributed by atoms with Crippen LogP contribution in [0.2, 0.25) is 0 Å². The highest BCUT2D eigenvalue weighted by Gasteiger charge is 2.19. The summed E-state index contributed by atoms with van der Waals surface area (Å²) in [6.07, 6.45) is -0.209. The van der Waals surface area contributed by atoms with E-state index in [0.29, 0.717) is 17.7 Å². The molecule has 4 N–H and O–H groups in total. The smallest absolute Gasteiger partial charge is 0.337 e. The molecule has 1 atom stereocenters. The Morgan fingerprint density at radius 2 is 2.19 bits per heavy atom. The van der Waals surface area contributed by atoms with E-state index in [2.05, 4.69) is 0 Å². The molecule has 5 nitrogen and oxygen atoms in total. The summed E-state index contributed by atoms with van der Waals surface area (Å²) in [6.45, 7) is 0. The largest absolute Gasteiger partial charge is 0.479 e. The molecule has 0 heterocycles. The predicted octanol–water partition coefficient (Wildman–Crippen LogP) is 0.518. The summed E-state index contributed by atoms with van der Waals surface area (Å²) in [6, 6.07) is 4.56. The molecule has 0 saturated carbocycles. The number of carbonyl (C=O) groups is 2.